The Morgan fingerprint density at radius 3 is 2.00 bits per heavy atom. The van der Waals surface area contributed by atoms with Gasteiger partial charge in [-0.1, -0.05) is 27.7 Å². The van der Waals surface area contributed by atoms with Gasteiger partial charge < -0.3 is 4.90 Å². The molecule has 80 valence electrons. The van der Waals surface area contributed by atoms with Gasteiger partial charge >= 0.3 is 0 Å². The highest BCUT2D eigenvalue weighted by Crippen LogP contribution is 2.20. The third-order valence-electron chi connectivity index (χ3n) is 2.67. The Bertz CT molecular complexity index is 130. The minimum absolute atomic E-state index is 0.334. The summed E-state index contributed by atoms with van der Waals surface area (Å²) < 4.78 is 0. The summed E-state index contributed by atoms with van der Waals surface area (Å²) in [4.78, 5) is 2.47. The van der Waals surface area contributed by atoms with Crippen LogP contribution in [0.1, 0.15) is 40.5 Å². The van der Waals surface area contributed by atoms with Gasteiger partial charge in [-0.25, -0.2) is 0 Å². The highest BCUT2D eigenvalue weighted by Gasteiger charge is 2.21. The Morgan fingerprint density at radius 1 is 1.23 bits per heavy atom. The van der Waals surface area contributed by atoms with Crippen molar-refractivity contribution in [2.24, 2.45) is 5.41 Å². The maximum atomic E-state index is 4.38. The number of hydrogen-bond donors (Lipinski definition) is 1. The molecule has 0 atom stereocenters. The van der Waals surface area contributed by atoms with Crippen LogP contribution in [0.2, 0.25) is 0 Å². The third kappa shape index (κ3) is 4.92. The first-order chi connectivity index (χ1) is 5.96. The molecule has 0 saturated heterocycles. The van der Waals surface area contributed by atoms with Gasteiger partial charge in [0.2, 0.25) is 0 Å². The molecule has 0 radical (unpaired) electrons. The predicted octanol–water partition coefficient (Wildman–Crippen LogP) is 3.06. The zero-order valence-corrected chi connectivity index (χ0v) is 10.7. The van der Waals surface area contributed by atoms with Crippen LogP contribution in [0.4, 0.5) is 0 Å². The van der Waals surface area contributed by atoms with E-state index in [1.54, 1.807) is 0 Å². The predicted molar refractivity (Wildman–Crippen MR) is 64.6 cm³/mol. The maximum absolute atomic E-state index is 4.38. The van der Waals surface area contributed by atoms with Gasteiger partial charge in [0.05, 0.1) is 0 Å². The van der Waals surface area contributed by atoms with Crippen molar-refractivity contribution in [3.63, 3.8) is 0 Å². The number of nitrogens with zero attached hydrogens (tertiary/aromatic N) is 1. The average molecular weight is 203 g/mol. The lowest BCUT2D eigenvalue weighted by Gasteiger charge is -2.33. The van der Waals surface area contributed by atoms with Crippen LogP contribution < -0.4 is 0 Å². The molecule has 0 spiro atoms. The zero-order valence-electron chi connectivity index (χ0n) is 9.80. The van der Waals surface area contributed by atoms with E-state index < -0.39 is 0 Å². The van der Waals surface area contributed by atoms with Crippen molar-refractivity contribution >= 4 is 12.6 Å². The summed E-state index contributed by atoms with van der Waals surface area (Å²) >= 11 is 4.38. The lowest BCUT2D eigenvalue weighted by molar-refractivity contribution is 0.167. The molecule has 0 rings (SSSR count). The first kappa shape index (κ1) is 13.3. The van der Waals surface area contributed by atoms with Gasteiger partial charge in [-0.15, -0.1) is 0 Å². The highest BCUT2D eigenvalue weighted by atomic mass is 32.1. The van der Waals surface area contributed by atoms with E-state index in [4.69, 9.17) is 0 Å². The van der Waals surface area contributed by atoms with Gasteiger partial charge in [0, 0.05) is 12.6 Å². The second kappa shape index (κ2) is 5.92. The van der Waals surface area contributed by atoms with E-state index in [9.17, 15) is 0 Å². The van der Waals surface area contributed by atoms with E-state index >= 15 is 0 Å². The molecule has 0 aliphatic rings. The lowest BCUT2D eigenvalue weighted by Crippen LogP contribution is -2.39. The first-order valence-corrected chi connectivity index (χ1v) is 5.91. The molecule has 0 aliphatic carbocycles. The summed E-state index contributed by atoms with van der Waals surface area (Å²) in [5.74, 6) is 0.956. The van der Waals surface area contributed by atoms with E-state index in [-0.39, 0.29) is 0 Å². The molecule has 0 saturated carbocycles. The molecule has 0 aromatic carbocycles. The van der Waals surface area contributed by atoms with Crippen LogP contribution in [0.25, 0.3) is 0 Å². The second-order valence-electron chi connectivity index (χ2n) is 4.71. The Labute approximate surface area is 89.3 Å². The molecule has 2 heteroatoms. The van der Waals surface area contributed by atoms with Crippen LogP contribution in [0.3, 0.4) is 0 Å². The fourth-order valence-electron chi connectivity index (χ4n) is 1.77. The molecule has 0 aliphatic heterocycles. The first-order valence-electron chi connectivity index (χ1n) is 5.28. The molecule has 0 aromatic rings. The normalized spacial score (nSPS) is 12.9. The summed E-state index contributed by atoms with van der Waals surface area (Å²) in [6, 6.07) is 0.735. The van der Waals surface area contributed by atoms with Gasteiger partial charge in [0.1, 0.15) is 0 Å². The minimum atomic E-state index is 0.334. The molecule has 1 nitrogen and oxygen atoms in total. The van der Waals surface area contributed by atoms with Crippen LogP contribution in [-0.2, 0) is 0 Å². The van der Waals surface area contributed by atoms with Gasteiger partial charge in [-0.2, -0.15) is 12.6 Å². The Balaban J connectivity index is 4.04. The van der Waals surface area contributed by atoms with E-state index in [0.29, 0.717) is 5.41 Å². The van der Waals surface area contributed by atoms with Crippen molar-refractivity contribution < 1.29 is 0 Å². The molecule has 0 heterocycles. The fourth-order valence-corrected chi connectivity index (χ4v) is 1.87. The summed E-state index contributed by atoms with van der Waals surface area (Å²) in [6.07, 6.45) is 2.49. The standard InChI is InChI=1S/C11H25NS/c1-6-10(7-2)12(5)8-11(3,4)9-13/h10,13H,6-9H2,1-5H3. The van der Waals surface area contributed by atoms with E-state index in [1.807, 2.05) is 0 Å². The van der Waals surface area contributed by atoms with Crippen molar-refractivity contribution in [2.75, 3.05) is 19.3 Å². The van der Waals surface area contributed by atoms with Gasteiger partial charge in [-0.05, 0) is 31.1 Å². The fraction of sp³-hybridized carbons (Fsp3) is 1.00. The lowest BCUT2D eigenvalue weighted by atomic mass is 9.94. The molecule has 0 amide bonds. The van der Waals surface area contributed by atoms with Crippen molar-refractivity contribution in [1.29, 1.82) is 0 Å². The summed E-state index contributed by atoms with van der Waals surface area (Å²) in [5, 5.41) is 0. The van der Waals surface area contributed by atoms with Gasteiger partial charge in [-0.3, -0.25) is 0 Å². The minimum Gasteiger partial charge on any atom is -0.303 e. The van der Waals surface area contributed by atoms with E-state index in [0.717, 1.165) is 18.3 Å². The van der Waals surface area contributed by atoms with Crippen LogP contribution in [0, 0.1) is 5.41 Å². The molecular formula is C11H25NS. The van der Waals surface area contributed by atoms with Gasteiger partial charge in [0.15, 0.2) is 0 Å². The van der Waals surface area contributed by atoms with Crippen LogP contribution in [0.5, 0.6) is 0 Å². The van der Waals surface area contributed by atoms with Crippen molar-refractivity contribution in [3.8, 4) is 0 Å². The Kier molecular flexibility index (Phi) is 6.06. The monoisotopic (exact) mass is 203 g/mol. The quantitative estimate of drug-likeness (QED) is 0.649. The number of hydrogen-bond acceptors (Lipinski definition) is 2. The van der Waals surface area contributed by atoms with Gasteiger partial charge in [0.25, 0.3) is 0 Å². The average Bonchev–Trinajstić information content (AvgIpc) is 2.06. The maximum Gasteiger partial charge on any atom is 0.00871 e. The summed E-state index contributed by atoms with van der Waals surface area (Å²) in [5.41, 5.74) is 0.334. The zero-order chi connectivity index (χ0) is 10.5. The summed E-state index contributed by atoms with van der Waals surface area (Å²) in [6.45, 7) is 10.2. The molecule has 0 fully saturated rings. The van der Waals surface area contributed by atoms with Crippen molar-refractivity contribution in [2.45, 2.75) is 46.6 Å². The van der Waals surface area contributed by atoms with E-state index in [1.165, 1.54) is 12.8 Å². The largest absolute Gasteiger partial charge is 0.303 e. The van der Waals surface area contributed by atoms with Crippen LogP contribution in [0.15, 0.2) is 0 Å². The topological polar surface area (TPSA) is 3.24 Å². The molecule has 0 N–H and O–H groups in total. The molecular weight excluding hydrogens is 178 g/mol. The molecule has 13 heavy (non-hydrogen) atoms. The van der Waals surface area contributed by atoms with Crippen molar-refractivity contribution in [3.05, 3.63) is 0 Å². The van der Waals surface area contributed by atoms with Crippen molar-refractivity contribution in [1.82, 2.24) is 4.90 Å². The van der Waals surface area contributed by atoms with Crippen LogP contribution >= 0.6 is 12.6 Å². The number of rotatable bonds is 6. The number of thiol groups is 1. The SMILES string of the molecule is CCC(CC)N(C)CC(C)(C)CS. The van der Waals surface area contributed by atoms with E-state index in [2.05, 4.69) is 52.3 Å². The highest BCUT2D eigenvalue weighted by molar-refractivity contribution is 7.80. The third-order valence-corrected chi connectivity index (χ3v) is 3.53. The summed E-state index contributed by atoms with van der Waals surface area (Å²) in [7, 11) is 2.23. The molecule has 0 unspecified atom stereocenters. The smallest absolute Gasteiger partial charge is 0.00871 e. The Morgan fingerprint density at radius 2 is 1.69 bits per heavy atom. The second-order valence-corrected chi connectivity index (χ2v) is 5.02. The Hall–Kier alpha value is 0.310. The molecule has 0 bridgehead atoms. The van der Waals surface area contributed by atoms with Crippen LogP contribution in [-0.4, -0.2) is 30.3 Å². The molecule has 0 aromatic heterocycles.